The van der Waals surface area contributed by atoms with Crippen LogP contribution in [0, 0.1) is 5.92 Å². The molecule has 152 valence electrons. The van der Waals surface area contributed by atoms with Gasteiger partial charge in [0.15, 0.2) is 0 Å². The van der Waals surface area contributed by atoms with E-state index in [-0.39, 0.29) is 29.6 Å². The molecule has 2 aliphatic rings. The SMILES string of the molecule is O=C(Nc1cccc(C(=O)N2CCCC(CO)C2)c1)C1SCCc2ccccc21. The van der Waals surface area contributed by atoms with Gasteiger partial charge >= 0.3 is 0 Å². The second-order valence-corrected chi connectivity index (χ2v) is 8.92. The Morgan fingerprint density at radius 3 is 2.90 bits per heavy atom. The number of fused-ring (bicyclic) bond motifs is 1. The molecule has 2 atom stereocenters. The molecule has 2 aromatic carbocycles. The number of carbonyl (C=O) groups is 2. The summed E-state index contributed by atoms with van der Waals surface area (Å²) in [5.74, 6) is 0.981. The molecular formula is C23H26N2O3S. The summed E-state index contributed by atoms with van der Waals surface area (Å²) in [5.41, 5.74) is 3.52. The van der Waals surface area contributed by atoms with E-state index in [0.717, 1.165) is 30.6 Å². The van der Waals surface area contributed by atoms with Gasteiger partial charge in [0.2, 0.25) is 5.91 Å². The molecule has 2 aliphatic heterocycles. The van der Waals surface area contributed by atoms with Crippen LogP contribution in [0.15, 0.2) is 48.5 Å². The number of aliphatic hydroxyl groups excluding tert-OH is 1. The minimum absolute atomic E-state index is 0.0448. The van der Waals surface area contributed by atoms with Crippen LogP contribution in [0.2, 0.25) is 0 Å². The Labute approximate surface area is 175 Å². The predicted molar refractivity (Wildman–Crippen MR) is 116 cm³/mol. The van der Waals surface area contributed by atoms with Crippen LogP contribution >= 0.6 is 11.8 Å². The van der Waals surface area contributed by atoms with E-state index < -0.39 is 0 Å². The maximum Gasteiger partial charge on any atom is 0.253 e. The normalized spacial score (nSPS) is 21.3. The Balaban J connectivity index is 1.47. The van der Waals surface area contributed by atoms with Crippen LogP contribution in [0.3, 0.4) is 0 Å². The maximum absolute atomic E-state index is 12.9. The van der Waals surface area contributed by atoms with Gasteiger partial charge in [-0.05, 0) is 60.3 Å². The van der Waals surface area contributed by atoms with Crippen molar-refractivity contribution in [2.24, 2.45) is 5.92 Å². The number of benzene rings is 2. The van der Waals surface area contributed by atoms with E-state index in [1.807, 2.05) is 24.3 Å². The number of thioether (sulfide) groups is 1. The monoisotopic (exact) mass is 410 g/mol. The second kappa shape index (κ2) is 9.01. The molecule has 6 heteroatoms. The first kappa shape index (κ1) is 20.0. The van der Waals surface area contributed by atoms with Crippen molar-refractivity contribution in [2.45, 2.75) is 24.5 Å². The fourth-order valence-electron chi connectivity index (χ4n) is 4.13. The number of hydrogen-bond donors (Lipinski definition) is 2. The van der Waals surface area contributed by atoms with Crippen molar-refractivity contribution in [1.29, 1.82) is 0 Å². The Hall–Kier alpha value is -2.31. The van der Waals surface area contributed by atoms with Gasteiger partial charge in [0.05, 0.1) is 0 Å². The average Bonchev–Trinajstić information content (AvgIpc) is 2.78. The van der Waals surface area contributed by atoms with Gasteiger partial charge in [0, 0.05) is 30.9 Å². The van der Waals surface area contributed by atoms with Crippen LogP contribution in [0.1, 0.15) is 39.6 Å². The van der Waals surface area contributed by atoms with Gasteiger partial charge in [-0.25, -0.2) is 0 Å². The molecule has 2 heterocycles. The molecule has 0 spiro atoms. The average molecular weight is 411 g/mol. The lowest BCUT2D eigenvalue weighted by atomic mass is 9.98. The van der Waals surface area contributed by atoms with Crippen LogP contribution < -0.4 is 5.32 Å². The Kier molecular flexibility index (Phi) is 6.21. The number of aryl methyl sites for hydroxylation is 1. The van der Waals surface area contributed by atoms with E-state index >= 15 is 0 Å². The molecule has 1 saturated heterocycles. The molecule has 0 aromatic heterocycles. The third kappa shape index (κ3) is 4.49. The summed E-state index contributed by atoms with van der Waals surface area (Å²) in [5, 5.41) is 12.2. The van der Waals surface area contributed by atoms with E-state index in [9.17, 15) is 14.7 Å². The fourth-order valence-corrected chi connectivity index (χ4v) is 5.32. The highest BCUT2D eigenvalue weighted by atomic mass is 32.2. The highest BCUT2D eigenvalue weighted by Gasteiger charge is 2.27. The van der Waals surface area contributed by atoms with Gasteiger partial charge in [0.1, 0.15) is 5.25 Å². The zero-order valence-electron chi connectivity index (χ0n) is 16.3. The smallest absolute Gasteiger partial charge is 0.253 e. The first-order valence-corrected chi connectivity index (χ1v) is 11.2. The van der Waals surface area contributed by atoms with E-state index in [2.05, 4.69) is 11.4 Å². The molecule has 0 radical (unpaired) electrons. The summed E-state index contributed by atoms with van der Waals surface area (Å²) in [4.78, 5) is 27.6. The number of aliphatic hydroxyl groups is 1. The van der Waals surface area contributed by atoms with Crippen LogP contribution in [0.4, 0.5) is 5.69 Å². The maximum atomic E-state index is 12.9. The molecule has 0 aliphatic carbocycles. The number of nitrogens with one attached hydrogen (secondary N) is 1. The summed E-state index contributed by atoms with van der Waals surface area (Å²) in [6, 6.07) is 15.3. The third-order valence-corrected chi connectivity index (χ3v) is 6.91. The summed E-state index contributed by atoms with van der Waals surface area (Å²) in [6.07, 6.45) is 2.85. The number of anilines is 1. The highest BCUT2D eigenvalue weighted by molar-refractivity contribution is 8.00. The van der Waals surface area contributed by atoms with Crippen molar-refractivity contribution in [3.05, 3.63) is 65.2 Å². The number of likely N-dealkylation sites (tertiary alicyclic amines) is 1. The summed E-state index contributed by atoms with van der Waals surface area (Å²) < 4.78 is 0. The van der Waals surface area contributed by atoms with Crippen molar-refractivity contribution in [2.75, 3.05) is 30.8 Å². The number of amides is 2. The molecule has 4 rings (SSSR count). The largest absolute Gasteiger partial charge is 0.396 e. The molecule has 5 nitrogen and oxygen atoms in total. The molecule has 2 aromatic rings. The third-order valence-electron chi connectivity index (χ3n) is 5.67. The zero-order valence-corrected chi connectivity index (χ0v) is 17.2. The van der Waals surface area contributed by atoms with Crippen LogP contribution in [-0.4, -0.2) is 47.3 Å². The van der Waals surface area contributed by atoms with Gasteiger partial charge in [-0.1, -0.05) is 30.3 Å². The lowest BCUT2D eigenvalue weighted by Gasteiger charge is -2.32. The summed E-state index contributed by atoms with van der Waals surface area (Å²) in [7, 11) is 0. The van der Waals surface area contributed by atoms with Crippen molar-refractivity contribution in [1.82, 2.24) is 4.90 Å². The van der Waals surface area contributed by atoms with Gasteiger partial charge < -0.3 is 15.3 Å². The predicted octanol–water partition coefficient (Wildman–Crippen LogP) is 3.50. The molecule has 0 bridgehead atoms. The van der Waals surface area contributed by atoms with Gasteiger partial charge in [-0.3, -0.25) is 9.59 Å². The molecular weight excluding hydrogens is 384 g/mol. The fraction of sp³-hybridized carbons (Fsp3) is 0.391. The Morgan fingerprint density at radius 1 is 1.17 bits per heavy atom. The number of piperidine rings is 1. The van der Waals surface area contributed by atoms with E-state index in [1.54, 1.807) is 34.9 Å². The van der Waals surface area contributed by atoms with Gasteiger partial charge in [-0.15, -0.1) is 11.8 Å². The Bertz CT molecular complexity index is 901. The summed E-state index contributed by atoms with van der Waals surface area (Å²) in [6.45, 7) is 1.41. The summed E-state index contributed by atoms with van der Waals surface area (Å²) >= 11 is 1.66. The van der Waals surface area contributed by atoms with Gasteiger partial charge in [0.25, 0.3) is 5.91 Å². The zero-order chi connectivity index (χ0) is 20.2. The Morgan fingerprint density at radius 2 is 2.03 bits per heavy atom. The van der Waals surface area contributed by atoms with Crippen molar-refractivity contribution >= 4 is 29.3 Å². The number of rotatable bonds is 4. The number of nitrogens with zero attached hydrogens (tertiary/aromatic N) is 1. The first-order valence-electron chi connectivity index (χ1n) is 10.2. The molecule has 2 amide bonds. The molecule has 0 saturated carbocycles. The lowest BCUT2D eigenvalue weighted by molar-refractivity contribution is -0.115. The van der Waals surface area contributed by atoms with E-state index in [1.165, 1.54) is 5.56 Å². The lowest BCUT2D eigenvalue weighted by Crippen LogP contribution is -2.40. The van der Waals surface area contributed by atoms with Crippen LogP contribution in [-0.2, 0) is 11.2 Å². The highest BCUT2D eigenvalue weighted by Crippen LogP contribution is 2.37. The number of hydrogen-bond acceptors (Lipinski definition) is 4. The minimum atomic E-state index is -0.230. The first-order chi connectivity index (χ1) is 14.2. The van der Waals surface area contributed by atoms with Gasteiger partial charge in [-0.2, -0.15) is 0 Å². The van der Waals surface area contributed by atoms with Crippen LogP contribution in [0.25, 0.3) is 0 Å². The topological polar surface area (TPSA) is 69.6 Å². The molecule has 1 fully saturated rings. The standard InChI is InChI=1S/C23H26N2O3S/c26-15-16-5-4-11-25(14-16)23(28)18-7-3-8-19(13-18)24-22(27)21-20-9-2-1-6-17(20)10-12-29-21/h1-3,6-9,13,16,21,26H,4-5,10-12,14-15H2,(H,24,27). The van der Waals surface area contributed by atoms with Crippen molar-refractivity contribution in [3.8, 4) is 0 Å². The molecule has 2 N–H and O–H groups in total. The number of carbonyl (C=O) groups excluding carboxylic acids is 2. The van der Waals surface area contributed by atoms with Crippen molar-refractivity contribution in [3.63, 3.8) is 0 Å². The van der Waals surface area contributed by atoms with E-state index in [4.69, 9.17) is 0 Å². The van der Waals surface area contributed by atoms with Crippen molar-refractivity contribution < 1.29 is 14.7 Å². The quantitative estimate of drug-likeness (QED) is 0.809. The second-order valence-electron chi connectivity index (χ2n) is 7.71. The van der Waals surface area contributed by atoms with E-state index in [0.29, 0.717) is 24.3 Å². The van der Waals surface area contributed by atoms with Crippen LogP contribution in [0.5, 0.6) is 0 Å². The molecule has 2 unspecified atom stereocenters. The molecule has 29 heavy (non-hydrogen) atoms. The minimum Gasteiger partial charge on any atom is -0.396 e.